The fraction of sp³-hybridized carbons (Fsp3) is 0.300. The van der Waals surface area contributed by atoms with Gasteiger partial charge in [0, 0.05) is 41.7 Å². The van der Waals surface area contributed by atoms with Crippen molar-refractivity contribution in [3.8, 4) is 0 Å². The molecule has 2 aromatic carbocycles. The first kappa shape index (κ1) is 18.8. The van der Waals surface area contributed by atoms with Crippen LogP contribution in [0.15, 0.2) is 53.4 Å². The van der Waals surface area contributed by atoms with Gasteiger partial charge < -0.3 is 9.80 Å². The van der Waals surface area contributed by atoms with Crippen molar-refractivity contribution in [3.05, 3.63) is 64.7 Å². The van der Waals surface area contributed by atoms with E-state index in [1.54, 1.807) is 40.9 Å². The maximum atomic E-state index is 12.5. The molecule has 1 heterocycles. The van der Waals surface area contributed by atoms with Gasteiger partial charge >= 0.3 is 0 Å². The largest absolute Gasteiger partial charge is 0.338 e. The average molecular weight is 389 g/mol. The van der Waals surface area contributed by atoms with Gasteiger partial charge in [-0.25, -0.2) is 0 Å². The SMILES string of the molecule is Cc1ccc(SCC(=O)N2CCN(C(=O)c3ccc(Cl)cc3)CC2)cc1. The number of aryl methyl sites for hydroxylation is 1. The number of thioether (sulfide) groups is 1. The Kier molecular flexibility index (Phi) is 6.22. The Morgan fingerprint density at radius 1 is 0.923 bits per heavy atom. The topological polar surface area (TPSA) is 40.6 Å². The number of carbonyl (C=O) groups is 2. The molecule has 0 radical (unpaired) electrons. The van der Waals surface area contributed by atoms with E-state index in [1.807, 2.05) is 36.1 Å². The Hall–Kier alpha value is -1.98. The number of piperazine rings is 1. The zero-order chi connectivity index (χ0) is 18.5. The summed E-state index contributed by atoms with van der Waals surface area (Å²) in [5.41, 5.74) is 1.84. The highest BCUT2D eigenvalue weighted by Gasteiger charge is 2.24. The molecule has 0 aliphatic carbocycles. The number of halogens is 1. The summed E-state index contributed by atoms with van der Waals surface area (Å²) in [5.74, 6) is 0.533. The first-order chi connectivity index (χ1) is 12.5. The van der Waals surface area contributed by atoms with Gasteiger partial charge in [0.25, 0.3) is 5.91 Å². The third-order valence-corrected chi connectivity index (χ3v) is 5.64. The first-order valence-electron chi connectivity index (χ1n) is 8.55. The summed E-state index contributed by atoms with van der Waals surface area (Å²) in [6, 6.07) is 15.1. The Labute approximate surface area is 163 Å². The molecule has 2 amide bonds. The first-order valence-corrected chi connectivity index (χ1v) is 9.91. The zero-order valence-electron chi connectivity index (χ0n) is 14.7. The number of hydrogen-bond donors (Lipinski definition) is 0. The third kappa shape index (κ3) is 4.80. The van der Waals surface area contributed by atoms with Gasteiger partial charge in [-0.05, 0) is 43.3 Å². The number of hydrogen-bond acceptors (Lipinski definition) is 3. The van der Waals surface area contributed by atoms with Crippen LogP contribution in [0.5, 0.6) is 0 Å². The Morgan fingerprint density at radius 3 is 2.12 bits per heavy atom. The van der Waals surface area contributed by atoms with Crippen molar-refractivity contribution < 1.29 is 9.59 Å². The predicted molar refractivity (Wildman–Crippen MR) is 106 cm³/mol. The van der Waals surface area contributed by atoms with Crippen LogP contribution < -0.4 is 0 Å². The van der Waals surface area contributed by atoms with E-state index in [-0.39, 0.29) is 11.8 Å². The van der Waals surface area contributed by atoms with Crippen LogP contribution in [0.3, 0.4) is 0 Å². The lowest BCUT2D eigenvalue weighted by Crippen LogP contribution is -2.51. The molecule has 0 N–H and O–H groups in total. The number of nitrogens with zero attached hydrogens (tertiary/aromatic N) is 2. The van der Waals surface area contributed by atoms with Crippen LogP contribution in [0, 0.1) is 6.92 Å². The van der Waals surface area contributed by atoms with E-state index < -0.39 is 0 Å². The van der Waals surface area contributed by atoms with E-state index >= 15 is 0 Å². The van der Waals surface area contributed by atoms with Crippen molar-refractivity contribution in [2.24, 2.45) is 0 Å². The van der Waals surface area contributed by atoms with Gasteiger partial charge in [-0.3, -0.25) is 9.59 Å². The van der Waals surface area contributed by atoms with Crippen molar-refractivity contribution in [2.45, 2.75) is 11.8 Å². The molecule has 0 bridgehead atoms. The maximum Gasteiger partial charge on any atom is 0.253 e. The molecule has 0 spiro atoms. The van der Waals surface area contributed by atoms with Crippen molar-refractivity contribution in [1.82, 2.24) is 9.80 Å². The van der Waals surface area contributed by atoms with E-state index in [0.29, 0.717) is 42.5 Å². The molecule has 4 nitrogen and oxygen atoms in total. The van der Waals surface area contributed by atoms with Gasteiger partial charge in [0.15, 0.2) is 0 Å². The molecule has 0 aromatic heterocycles. The smallest absolute Gasteiger partial charge is 0.253 e. The Bertz CT molecular complexity index is 769. The second-order valence-corrected chi connectivity index (χ2v) is 7.77. The fourth-order valence-electron chi connectivity index (χ4n) is 2.80. The van der Waals surface area contributed by atoms with Crippen LogP contribution in [0.2, 0.25) is 5.02 Å². The van der Waals surface area contributed by atoms with Gasteiger partial charge in [-0.2, -0.15) is 0 Å². The van der Waals surface area contributed by atoms with Crippen LogP contribution in [0.4, 0.5) is 0 Å². The van der Waals surface area contributed by atoms with Crippen molar-refractivity contribution in [2.75, 3.05) is 31.9 Å². The lowest BCUT2D eigenvalue weighted by molar-refractivity contribution is -0.129. The van der Waals surface area contributed by atoms with Gasteiger partial charge in [0.2, 0.25) is 5.91 Å². The molecule has 1 aliphatic heterocycles. The fourth-order valence-corrected chi connectivity index (χ4v) is 3.73. The quantitative estimate of drug-likeness (QED) is 0.749. The van der Waals surface area contributed by atoms with E-state index in [1.165, 1.54) is 5.56 Å². The molecule has 6 heteroatoms. The standard InChI is InChI=1S/C20H21ClN2O2S/c1-15-2-8-18(9-3-15)26-14-19(24)22-10-12-23(13-11-22)20(25)16-4-6-17(21)7-5-16/h2-9H,10-14H2,1H3. The third-order valence-electron chi connectivity index (χ3n) is 4.39. The molecule has 0 atom stereocenters. The normalized spacial score (nSPS) is 14.4. The van der Waals surface area contributed by atoms with Crippen molar-refractivity contribution >= 4 is 35.2 Å². The summed E-state index contributed by atoms with van der Waals surface area (Å²) in [7, 11) is 0. The van der Waals surface area contributed by atoms with Crippen LogP contribution in [-0.2, 0) is 4.79 Å². The van der Waals surface area contributed by atoms with Crippen molar-refractivity contribution in [1.29, 1.82) is 0 Å². The molecule has 0 saturated carbocycles. The lowest BCUT2D eigenvalue weighted by Gasteiger charge is -2.34. The molecular formula is C20H21ClN2O2S. The second kappa shape index (κ2) is 8.60. The summed E-state index contributed by atoms with van der Waals surface area (Å²) < 4.78 is 0. The summed E-state index contributed by atoms with van der Waals surface area (Å²) >= 11 is 7.42. The molecule has 136 valence electrons. The monoisotopic (exact) mass is 388 g/mol. The predicted octanol–water partition coefficient (Wildman–Crippen LogP) is 3.73. The summed E-state index contributed by atoms with van der Waals surface area (Å²) in [6.07, 6.45) is 0. The van der Waals surface area contributed by atoms with Crippen molar-refractivity contribution in [3.63, 3.8) is 0 Å². The molecule has 1 saturated heterocycles. The highest BCUT2D eigenvalue weighted by molar-refractivity contribution is 8.00. The Balaban J connectivity index is 1.48. The van der Waals surface area contributed by atoms with E-state index in [0.717, 1.165) is 4.90 Å². The zero-order valence-corrected chi connectivity index (χ0v) is 16.2. The maximum absolute atomic E-state index is 12.5. The second-order valence-electron chi connectivity index (χ2n) is 6.28. The van der Waals surface area contributed by atoms with Crippen LogP contribution in [0.1, 0.15) is 15.9 Å². The molecular weight excluding hydrogens is 368 g/mol. The van der Waals surface area contributed by atoms with Gasteiger partial charge in [-0.15, -0.1) is 11.8 Å². The number of carbonyl (C=O) groups excluding carboxylic acids is 2. The van der Waals surface area contributed by atoms with Crippen LogP contribution >= 0.6 is 23.4 Å². The number of amides is 2. The molecule has 1 fully saturated rings. The van der Waals surface area contributed by atoms with Crippen LogP contribution in [-0.4, -0.2) is 53.5 Å². The van der Waals surface area contributed by atoms with Gasteiger partial charge in [0.1, 0.15) is 0 Å². The molecule has 0 unspecified atom stereocenters. The number of benzene rings is 2. The summed E-state index contributed by atoms with van der Waals surface area (Å²) in [5, 5.41) is 0.614. The molecule has 1 aliphatic rings. The van der Waals surface area contributed by atoms with E-state index in [2.05, 4.69) is 0 Å². The minimum atomic E-state index is -0.0113. The van der Waals surface area contributed by atoms with Gasteiger partial charge in [-0.1, -0.05) is 29.3 Å². The lowest BCUT2D eigenvalue weighted by atomic mass is 10.2. The minimum absolute atomic E-state index is 0.0113. The van der Waals surface area contributed by atoms with E-state index in [9.17, 15) is 9.59 Å². The van der Waals surface area contributed by atoms with E-state index in [4.69, 9.17) is 11.6 Å². The Morgan fingerprint density at radius 2 is 1.50 bits per heavy atom. The van der Waals surface area contributed by atoms with Crippen LogP contribution in [0.25, 0.3) is 0 Å². The minimum Gasteiger partial charge on any atom is -0.338 e. The number of rotatable bonds is 4. The highest BCUT2D eigenvalue weighted by Crippen LogP contribution is 2.19. The molecule has 26 heavy (non-hydrogen) atoms. The molecule has 2 aromatic rings. The summed E-state index contributed by atoms with van der Waals surface area (Å²) in [4.78, 5) is 29.6. The van der Waals surface area contributed by atoms with Gasteiger partial charge in [0.05, 0.1) is 5.75 Å². The highest BCUT2D eigenvalue weighted by atomic mass is 35.5. The molecule has 3 rings (SSSR count). The summed E-state index contributed by atoms with van der Waals surface area (Å²) in [6.45, 7) is 4.31. The average Bonchev–Trinajstić information content (AvgIpc) is 2.67.